The molecule has 1 aromatic carbocycles. The predicted molar refractivity (Wildman–Crippen MR) is 65.3 cm³/mol. The molecule has 86 valence electrons. The van der Waals surface area contributed by atoms with Gasteiger partial charge in [0.2, 0.25) is 11.8 Å². The second kappa shape index (κ2) is 3.85. The van der Waals surface area contributed by atoms with Crippen LogP contribution in [0.4, 0.5) is 0 Å². The van der Waals surface area contributed by atoms with Crippen LogP contribution in [0.15, 0.2) is 28.0 Å². The van der Waals surface area contributed by atoms with Crippen LogP contribution in [0, 0.1) is 6.92 Å². The Morgan fingerprint density at radius 3 is 3.00 bits per heavy atom. The van der Waals surface area contributed by atoms with Gasteiger partial charge in [-0.1, -0.05) is 6.07 Å². The Balaban J connectivity index is 1.95. The molecule has 2 aromatic heterocycles. The van der Waals surface area contributed by atoms with Crippen LogP contribution in [0.5, 0.6) is 5.88 Å². The maximum Gasteiger partial charge on any atom is 0.222 e. The first-order valence-corrected chi connectivity index (χ1v) is 6.08. The third-order valence-corrected chi connectivity index (χ3v) is 3.27. The van der Waals surface area contributed by atoms with Gasteiger partial charge in [0.1, 0.15) is 10.5 Å². The van der Waals surface area contributed by atoms with Crippen molar-refractivity contribution in [1.29, 1.82) is 0 Å². The molecule has 0 aliphatic carbocycles. The van der Waals surface area contributed by atoms with Gasteiger partial charge in [0.05, 0.1) is 11.8 Å². The normalized spacial score (nSPS) is 11.1. The van der Waals surface area contributed by atoms with Crippen molar-refractivity contribution in [2.45, 2.75) is 13.3 Å². The van der Waals surface area contributed by atoms with Gasteiger partial charge in [0.15, 0.2) is 5.58 Å². The lowest BCUT2D eigenvalue weighted by Crippen LogP contribution is -1.86. The summed E-state index contributed by atoms with van der Waals surface area (Å²) in [6, 6.07) is 5.90. The van der Waals surface area contributed by atoms with Crippen LogP contribution < -0.4 is 0 Å². The number of benzene rings is 1. The highest BCUT2D eigenvalue weighted by atomic mass is 32.1. The summed E-state index contributed by atoms with van der Waals surface area (Å²) in [7, 11) is 0. The van der Waals surface area contributed by atoms with E-state index in [9.17, 15) is 0 Å². The van der Waals surface area contributed by atoms with Crippen molar-refractivity contribution in [3.63, 3.8) is 0 Å². The van der Waals surface area contributed by atoms with E-state index in [2.05, 4.69) is 9.97 Å². The fourth-order valence-electron chi connectivity index (χ4n) is 1.67. The maximum absolute atomic E-state index is 9.16. The minimum atomic E-state index is 0.0527. The first-order chi connectivity index (χ1) is 8.20. The summed E-state index contributed by atoms with van der Waals surface area (Å²) in [5.41, 5.74) is 2.80. The number of thiazole rings is 1. The number of fused-ring (bicyclic) bond motifs is 1. The van der Waals surface area contributed by atoms with Crippen molar-refractivity contribution in [2.24, 2.45) is 0 Å². The minimum absolute atomic E-state index is 0.0527. The molecule has 3 aromatic rings. The van der Waals surface area contributed by atoms with Crippen molar-refractivity contribution in [3.8, 4) is 5.88 Å². The van der Waals surface area contributed by atoms with Crippen molar-refractivity contribution >= 4 is 22.4 Å². The SMILES string of the molecule is Cc1ccc2oc(Cc3nc(O)cs3)nc2c1. The zero-order chi connectivity index (χ0) is 11.8. The molecule has 1 N–H and O–H groups in total. The van der Waals surface area contributed by atoms with E-state index >= 15 is 0 Å². The van der Waals surface area contributed by atoms with E-state index in [4.69, 9.17) is 9.52 Å². The Labute approximate surface area is 102 Å². The Kier molecular flexibility index (Phi) is 2.33. The zero-order valence-corrected chi connectivity index (χ0v) is 9.99. The number of oxazole rings is 1. The van der Waals surface area contributed by atoms with E-state index in [0.717, 1.165) is 21.7 Å². The van der Waals surface area contributed by atoms with Crippen molar-refractivity contribution in [2.75, 3.05) is 0 Å². The van der Waals surface area contributed by atoms with Gasteiger partial charge in [0, 0.05) is 0 Å². The molecule has 0 saturated heterocycles. The number of nitrogens with zero attached hydrogens (tertiary/aromatic N) is 2. The molecule has 0 aliphatic heterocycles. The van der Waals surface area contributed by atoms with Crippen molar-refractivity contribution < 1.29 is 9.52 Å². The molecular formula is C12H10N2O2S. The Hall–Kier alpha value is -1.88. The number of aromatic nitrogens is 2. The molecule has 5 heteroatoms. The standard InChI is InChI=1S/C12H10N2O2S/c1-7-2-3-9-8(4-7)13-11(16-9)5-12-14-10(15)6-17-12/h2-4,6,15H,5H2,1H3. The average molecular weight is 246 g/mol. The molecule has 17 heavy (non-hydrogen) atoms. The number of hydrogen-bond acceptors (Lipinski definition) is 5. The first-order valence-electron chi connectivity index (χ1n) is 5.20. The fraction of sp³-hybridized carbons (Fsp3) is 0.167. The van der Waals surface area contributed by atoms with Crippen LogP contribution in [0.25, 0.3) is 11.1 Å². The second-order valence-corrected chi connectivity index (χ2v) is 4.80. The van der Waals surface area contributed by atoms with E-state index in [1.807, 2.05) is 25.1 Å². The smallest absolute Gasteiger partial charge is 0.222 e. The summed E-state index contributed by atoms with van der Waals surface area (Å²) >= 11 is 1.40. The monoisotopic (exact) mass is 246 g/mol. The number of aromatic hydroxyl groups is 1. The van der Waals surface area contributed by atoms with Crippen molar-refractivity contribution in [3.05, 3.63) is 40.0 Å². The quantitative estimate of drug-likeness (QED) is 0.755. The lowest BCUT2D eigenvalue weighted by molar-refractivity contribution is 0.455. The summed E-state index contributed by atoms with van der Waals surface area (Å²) < 4.78 is 5.61. The van der Waals surface area contributed by atoms with Gasteiger partial charge in [-0.3, -0.25) is 0 Å². The van der Waals surface area contributed by atoms with E-state index < -0.39 is 0 Å². The summed E-state index contributed by atoms with van der Waals surface area (Å²) in [4.78, 5) is 8.36. The lowest BCUT2D eigenvalue weighted by atomic mass is 10.2. The molecule has 0 unspecified atom stereocenters. The van der Waals surface area contributed by atoms with Crippen LogP contribution in [0.2, 0.25) is 0 Å². The summed E-state index contributed by atoms with van der Waals surface area (Å²) in [5, 5.41) is 11.6. The van der Waals surface area contributed by atoms with Gasteiger partial charge < -0.3 is 9.52 Å². The predicted octanol–water partition coefficient (Wildman–Crippen LogP) is 2.89. The second-order valence-electron chi connectivity index (χ2n) is 3.86. The molecule has 2 heterocycles. The number of hydrogen-bond donors (Lipinski definition) is 1. The molecular weight excluding hydrogens is 236 g/mol. The van der Waals surface area contributed by atoms with Crippen LogP contribution in [0.3, 0.4) is 0 Å². The van der Waals surface area contributed by atoms with Crippen LogP contribution in [-0.4, -0.2) is 15.1 Å². The Bertz CT molecular complexity index is 672. The Morgan fingerprint density at radius 2 is 2.24 bits per heavy atom. The van der Waals surface area contributed by atoms with Crippen LogP contribution in [-0.2, 0) is 6.42 Å². The summed E-state index contributed by atoms with van der Waals surface area (Å²) in [6.07, 6.45) is 0.513. The molecule has 0 atom stereocenters. The van der Waals surface area contributed by atoms with Gasteiger partial charge in [-0.05, 0) is 24.6 Å². The van der Waals surface area contributed by atoms with E-state index in [-0.39, 0.29) is 5.88 Å². The van der Waals surface area contributed by atoms with Crippen LogP contribution >= 0.6 is 11.3 Å². The third kappa shape index (κ3) is 2.01. The molecule has 0 radical (unpaired) electrons. The average Bonchev–Trinajstić information content (AvgIpc) is 2.84. The summed E-state index contributed by atoms with van der Waals surface area (Å²) in [6.45, 7) is 2.02. The molecule has 0 saturated carbocycles. The van der Waals surface area contributed by atoms with Crippen LogP contribution in [0.1, 0.15) is 16.5 Å². The van der Waals surface area contributed by atoms with Gasteiger partial charge in [-0.15, -0.1) is 11.3 Å². The van der Waals surface area contributed by atoms with Gasteiger partial charge in [-0.2, -0.15) is 0 Å². The topological polar surface area (TPSA) is 59.2 Å². The third-order valence-electron chi connectivity index (χ3n) is 2.43. The van der Waals surface area contributed by atoms with E-state index in [1.54, 1.807) is 5.38 Å². The highest BCUT2D eigenvalue weighted by Crippen LogP contribution is 2.21. The molecule has 0 fully saturated rings. The molecule has 3 rings (SSSR count). The number of rotatable bonds is 2. The molecule has 0 amide bonds. The highest BCUT2D eigenvalue weighted by Gasteiger charge is 2.09. The highest BCUT2D eigenvalue weighted by molar-refractivity contribution is 7.09. The summed E-state index contributed by atoms with van der Waals surface area (Å²) in [5.74, 6) is 0.678. The largest absolute Gasteiger partial charge is 0.493 e. The maximum atomic E-state index is 9.16. The zero-order valence-electron chi connectivity index (χ0n) is 9.17. The van der Waals surface area contributed by atoms with Gasteiger partial charge >= 0.3 is 0 Å². The lowest BCUT2D eigenvalue weighted by Gasteiger charge is -1.88. The molecule has 0 bridgehead atoms. The van der Waals surface area contributed by atoms with E-state index in [0.29, 0.717) is 12.3 Å². The number of aryl methyl sites for hydroxylation is 1. The van der Waals surface area contributed by atoms with E-state index in [1.165, 1.54) is 11.3 Å². The van der Waals surface area contributed by atoms with Gasteiger partial charge in [-0.25, -0.2) is 9.97 Å². The molecule has 0 aliphatic rings. The first kappa shape index (κ1) is 10.3. The fourth-order valence-corrected chi connectivity index (χ4v) is 2.32. The molecule has 4 nitrogen and oxygen atoms in total. The van der Waals surface area contributed by atoms with Gasteiger partial charge in [0.25, 0.3) is 0 Å². The van der Waals surface area contributed by atoms with Crippen molar-refractivity contribution in [1.82, 2.24) is 9.97 Å². The minimum Gasteiger partial charge on any atom is -0.493 e. The Morgan fingerprint density at radius 1 is 1.35 bits per heavy atom. The molecule has 0 spiro atoms.